The van der Waals surface area contributed by atoms with E-state index in [1.54, 1.807) is 12.1 Å². The molecule has 0 saturated carbocycles. The van der Waals surface area contributed by atoms with E-state index in [4.69, 9.17) is 0 Å². The fourth-order valence-corrected chi connectivity index (χ4v) is 5.38. The van der Waals surface area contributed by atoms with Crippen LogP contribution in [-0.4, -0.2) is 49.5 Å². The third kappa shape index (κ3) is 8.62. The lowest BCUT2D eigenvalue weighted by Gasteiger charge is -2.22. The summed E-state index contributed by atoms with van der Waals surface area (Å²) in [5, 5.41) is 22.8. The van der Waals surface area contributed by atoms with Crippen LogP contribution in [0.15, 0.2) is 18.2 Å². The first kappa shape index (κ1) is 24.6. The summed E-state index contributed by atoms with van der Waals surface area (Å²) in [5.41, 5.74) is 1.65. The summed E-state index contributed by atoms with van der Waals surface area (Å²) in [6.45, 7) is 4.07. The standard InChI is InChI=1S/C22H36N2O5S/c1-2-3-14-30(28,29)24-21(22(26)27)16-19-8-9-20(25)15-18(19)7-5-4-6-17-10-12-23-13-11-17/h8-9,15,17,21,23-25H,2-7,10-14,16H2,1H3,(H,26,27)/t21-/m0/s1. The topological polar surface area (TPSA) is 116 Å². The van der Waals surface area contributed by atoms with Crippen LogP contribution in [0.5, 0.6) is 5.75 Å². The molecule has 0 amide bonds. The molecule has 1 aromatic rings. The summed E-state index contributed by atoms with van der Waals surface area (Å²) < 4.78 is 26.7. The number of piperidine rings is 1. The monoisotopic (exact) mass is 440 g/mol. The predicted octanol–water partition coefficient (Wildman–Crippen LogP) is 2.82. The van der Waals surface area contributed by atoms with E-state index < -0.39 is 22.0 Å². The molecule has 0 unspecified atom stereocenters. The van der Waals surface area contributed by atoms with Gasteiger partial charge >= 0.3 is 5.97 Å². The zero-order valence-corrected chi connectivity index (χ0v) is 18.7. The Kier molecular flexibility index (Phi) is 10.1. The Morgan fingerprint density at radius 2 is 1.93 bits per heavy atom. The molecule has 1 aliphatic rings. The van der Waals surface area contributed by atoms with Crippen LogP contribution >= 0.6 is 0 Å². The Bertz CT molecular complexity index is 776. The molecule has 0 spiro atoms. The Morgan fingerprint density at radius 3 is 2.60 bits per heavy atom. The number of carbonyl (C=O) groups is 1. The number of sulfonamides is 1. The van der Waals surface area contributed by atoms with Crippen LogP contribution in [0.4, 0.5) is 0 Å². The van der Waals surface area contributed by atoms with Gasteiger partial charge in [-0.15, -0.1) is 0 Å². The second kappa shape index (κ2) is 12.3. The van der Waals surface area contributed by atoms with Crippen LogP contribution < -0.4 is 10.0 Å². The molecule has 4 N–H and O–H groups in total. The Balaban J connectivity index is 1.98. The number of hydrogen-bond acceptors (Lipinski definition) is 5. The van der Waals surface area contributed by atoms with Gasteiger partial charge in [-0.05, 0) is 80.8 Å². The van der Waals surface area contributed by atoms with E-state index >= 15 is 0 Å². The zero-order chi connectivity index (χ0) is 22.0. The average Bonchev–Trinajstić information content (AvgIpc) is 2.71. The van der Waals surface area contributed by atoms with Crippen molar-refractivity contribution in [3.8, 4) is 5.75 Å². The second-order valence-electron chi connectivity index (χ2n) is 8.28. The Hall–Kier alpha value is -1.64. The van der Waals surface area contributed by atoms with Gasteiger partial charge < -0.3 is 15.5 Å². The van der Waals surface area contributed by atoms with Crippen LogP contribution in [0.2, 0.25) is 0 Å². The molecule has 30 heavy (non-hydrogen) atoms. The number of aliphatic carboxylic acids is 1. The number of hydrogen-bond donors (Lipinski definition) is 4. The van der Waals surface area contributed by atoms with E-state index in [1.165, 1.54) is 25.3 Å². The van der Waals surface area contributed by atoms with Crippen molar-refractivity contribution in [1.29, 1.82) is 0 Å². The highest BCUT2D eigenvalue weighted by Gasteiger charge is 2.25. The van der Waals surface area contributed by atoms with Gasteiger partial charge in [0.25, 0.3) is 0 Å². The lowest BCUT2D eigenvalue weighted by molar-refractivity contribution is -0.138. The summed E-state index contributed by atoms with van der Waals surface area (Å²) >= 11 is 0. The van der Waals surface area contributed by atoms with Gasteiger partial charge in [0.05, 0.1) is 5.75 Å². The molecule has 1 saturated heterocycles. The van der Waals surface area contributed by atoms with Crippen molar-refractivity contribution < 1.29 is 23.4 Å². The summed E-state index contributed by atoms with van der Waals surface area (Å²) in [4.78, 5) is 11.7. The number of nitrogens with one attached hydrogen (secondary N) is 2. The fraction of sp³-hybridized carbons (Fsp3) is 0.682. The lowest BCUT2D eigenvalue weighted by Crippen LogP contribution is -2.43. The van der Waals surface area contributed by atoms with E-state index in [0.717, 1.165) is 55.8 Å². The molecule has 1 atom stereocenters. The molecule has 0 aromatic heterocycles. The minimum atomic E-state index is -3.65. The van der Waals surface area contributed by atoms with Crippen LogP contribution in [0, 0.1) is 5.92 Å². The molecule has 8 heteroatoms. The highest BCUT2D eigenvalue weighted by molar-refractivity contribution is 7.89. The highest BCUT2D eigenvalue weighted by Crippen LogP contribution is 2.23. The van der Waals surface area contributed by atoms with Gasteiger partial charge in [0.1, 0.15) is 11.8 Å². The molecule has 1 fully saturated rings. The first-order valence-corrected chi connectivity index (χ1v) is 12.7. The number of carboxylic acids is 1. The summed E-state index contributed by atoms with van der Waals surface area (Å²) in [5.74, 6) is -0.363. The molecule has 0 radical (unpaired) electrons. The first-order chi connectivity index (χ1) is 14.3. The number of unbranched alkanes of at least 4 members (excludes halogenated alkanes) is 2. The number of rotatable bonds is 13. The summed E-state index contributed by atoms with van der Waals surface area (Å²) in [7, 11) is -3.65. The quantitative estimate of drug-likeness (QED) is 0.351. The zero-order valence-electron chi connectivity index (χ0n) is 17.9. The Morgan fingerprint density at radius 1 is 1.20 bits per heavy atom. The van der Waals surface area contributed by atoms with Crippen LogP contribution in [-0.2, 0) is 27.7 Å². The first-order valence-electron chi connectivity index (χ1n) is 11.0. The maximum Gasteiger partial charge on any atom is 0.322 e. The van der Waals surface area contributed by atoms with Gasteiger partial charge in [0.15, 0.2) is 0 Å². The fourth-order valence-electron chi connectivity index (χ4n) is 3.97. The number of phenols is 1. The molecule has 0 bridgehead atoms. The smallest absolute Gasteiger partial charge is 0.322 e. The molecule has 1 aromatic carbocycles. The maximum absolute atomic E-state index is 12.2. The van der Waals surface area contributed by atoms with E-state index in [1.807, 2.05) is 6.92 Å². The van der Waals surface area contributed by atoms with Gasteiger partial charge in [0.2, 0.25) is 10.0 Å². The van der Waals surface area contributed by atoms with Gasteiger partial charge in [-0.2, -0.15) is 0 Å². The summed E-state index contributed by atoms with van der Waals surface area (Å²) in [6, 6.07) is 3.68. The van der Waals surface area contributed by atoms with Crippen molar-refractivity contribution in [2.45, 2.75) is 70.8 Å². The number of phenolic OH excluding ortho intramolecular Hbond substituents is 1. The van der Waals surface area contributed by atoms with Gasteiger partial charge in [-0.1, -0.05) is 32.3 Å². The molecule has 2 rings (SSSR count). The van der Waals surface area contributed by atoms with Crippen molar-refractivity contribution in [2.75, 3.05) is 18.8 Å². The van der Waals surface area contributed by atoms with Crippen molar-refractivity contribution in [3.63, 3.8) is 0 Å². The van der Waals surface area contributed by atoms with Gasteiger partial charge in [-0.3, -0.25) is 4.79 Å². The number of carboxylic acid groups (broad SMARTS) is 1. The SMILES string of the molecule is CCCCS(=O)(=O)N[C@@H](Cc1ccc(O)cc1CCCCC1CCNCC1)C(=O)O. The average molecular weight is 441 g/mol. The molecule has 1 heterocycles. The van der Waals surface area contributed by atoms with E-state index in [0.29, 0.717) is 6.42 Å². The minimum absolute atomic E-state index is 0.0601. The van der Waals surface area contributed by atoms with Crippen molar-refractivity contribution >= 4 is 16.0 Å². The molecule has 170 valence electrons. The third-order valence-corrected chi connectivity index (χ3v) is 7.24. The van der Waals surface area contributed by atoms with E-state index in [9.17, 15) is 23.4 Å². The number of benzene rings is 1. The minimum Gasteiger partial charge on any atom is -0.508 e. The lowest BCUT2D eigenvalue weighted by atomic mass is 9.91. The molecule has 7 nitrogen and oxygen atoms in total. The summed E-state index contributed by atoms with van der Waals surface area (Å²) in [6.07, 6.45) is 7.68. The normalized spacial score (nSPS) is 16.4. The predicted molar refractivity (Wildman–Crippen MR) is 118 cm³/mol. The molecular weight excluding hydrogens is 404 g/mol. The van der Waals surface area contributed by atoms with Gasteiger partial charge in [0, 0.05) is 0 Å². The second-order valence-corrected chi connectivity index (χ2v) is 10.2. The maximum atomic E-state index is 12.2. The highest BCUT2D eigenvalue weighted by atomic mass is 32.2. The third-order valence-electron chi connectivity index (χ3n) is 5.77. The molecule has 0 aliphatic carbocycles. The largest absolute Gasteiger partial charge is 0.508 e. The van der Waals surface area contributed by atoms with Crippen molar-refractivity contribution in [3.05, 3.63) is 29.3 Å². The van der Waals surface area contributed by atoms with Crippen molar-refractivity contribution in [1.82, 2.24) is 10.0 Å². The molecule has 1 aliphatic heterocycles. The number of aromatic hydroxyl groups is 1. The van der Waals surface area contributed by atoms with Crippen LogP contribution in [0.1, 0.15) is 63.0 Å². The molecular formula is C22H36N2O5S. The van der Waals surface area contributed by atoms with Gasteiger partial charge in [-0.25, -0.2) is 13.1 Å². The van der Waals surface area contributed by atoms with Crippen LogP contribution in [0.3, 0.4) is 0 Å². The Labute approximate surface area is 180 Å². The van der Waals surface area contributed by atoms with Crippen LogP contribution in [0.25, 0.3) is 0 Å². The van der Waals surface area contributed by atoms with Crippen molar-refractivity contribution in [2.24, 2.45) is 5.92 Å². The van der Waals surface area contributed by atoms with E-state index in [-0.39, 0.29) is 17.9 Å². The van der Waals surface area contributed by atoms with E-state index in [2.05, 4.69) is 10.0 Å². The number of aryl methyl sites for hydroxylation is 1.